The van der Waals surface area contributed by atoms with Crippen molar-refractivity contribution in [1.29, 1.82) is 0 Å². The van der Waals surface area contributed by atoms with Gasteiger partial charge in [0.05, 0.1) is 0 Å². The number of halogens is 2. The minimum absolute atomic E-state index is 0.0206. The topological polar surface area (TPSA) is 52.6 Å². The second-order valence-electron chi connectivity index (χ2n) is 6.80. The Hall–Kier alpha value is -2.47. The smallest absolute Gasteiger partial charge is 0.303 e. The molecular formula is C21H24F2N2O2. The quantitative estimate of drug-likeness (QED) is 0.681. The molecule has 0 amide bonds. The Labute approximate surface area is 157 Å². The Bertz CT molecular complexity index is 782. The molecule has 2 aromatic carbocycles. The molecule has 144 valence electrons. The second kappa shape index (κ2) is 8.95. The van der Waals surface area contributed by atoms with Gasteiger partial charge in [0.25, 0.3) is 0 Å². The zero-order valence-electron chi connectivity index (χ0n) is 15.2. The zero-order valence-corrected chi connectivity index (χ0v) is 15.2. The van der Waals surface area contributed by atoms with Crippen molar-refractivity contribution in [3.8, 4) is 11.1 Å². The number of carbonyl (C=O) groups is 1. The van der Waals surface area contributed by atoms with Crippen LogP contribution in [-0.4, -0.2) is 30.7 Å². The molecule has 0 aromatic heterocycles. The van der Waals surface area contributed by atoms with Crippen molar-refractivity contribution in [1.82, 2.24) is 5.32 Å². The van der Waals surface area contributed by atoms with Crippen LogP contribution in [0.2, 0.25) is 0 Å². The minimum atomic E-state index is -0.879. The Morgan fingerprint density at radius 1 is 1.11 bits per heavy atom. The maximum absolute atomic E-state index is 14.6. The third-order valence-corrected chi connectivity index (χ3v) is 4.85. The van der Waals surface area contributed by atoms with Crippen LogP contribution < -0.4 is 10.2 Å². The molecule has 3 rings (SSSR count). The molecule has 0 radical (unpaired) electrons. The van der Waals surface area contributed by atoms with Crippen molar-refractivity contribution in [2.75, 3.05) is 24.5 Å². The molecule has 4 nitrogen and oxygen atoms in total. The highest BCUT2D eigenvalue weighted by Crippen LogP contribution is 2.34. The van der Waals surface area contributed by atoms with E-state index in [0.29, 0.717) is 18.5 Å². The largest absolute Gasteiger partial charge is 0.481 e. The van der Waals surface area contributed by atoms with Gasteiger partial charge in [0, 0.05) is 42.9 Å². The third kappa shape index (κ3) is 4.83. The van der Waals surface area contributed by atoms with Gasteiger partial charge in [-0.05, 0) is 49.6 Å². The Morgan fingerprint density at radius 2 is 1.78 bits per heavy atom. The summed E-state index contributed by atoms with van der Waals surface area (Å²) in [5, 5.41) is 11.5. The summed E-state index contributed by atoms with van der Waals surface area (Å²) in [5.74, 6) is -2.06. The molecule has 1 aliphatic heterocycles. The highest BCUT2D eigenvalue weighted by atomic mass is 19.1. The van der Waals surface area contributed by atoms with Crippen LogP contribution in [0.3, 0.4) is 0 Å². The number of hydrogen-bond donors (Lipinski definition) is 2. The van der Waals surface area contributed by atoms with Crippen LogP contribution in [0, 0.1) is 11.6 Å². The molecule has 1 heterocycles. The molecule has 0 spiro atoms. The number of nitrogens with zero attached hydrogens (tertiary/aromatic N) is 1. The first kappa shape index (κ1) is 19.3. The van der Waals surface area contributed by atoms with E-state index in [4.69, 9.17) is 5.11 Å². The van der Waals surface area contributed by atoms with Crippen LogP contribution in [0.25, 0.3) is 11.1 Å². The summed E-state index contributed by atoms with van der Waals surface area (Å²) in [6.07, 6.45) is 2.71. The van der Waals surface area contributed by atoms with E-state index in [9.17, 15) is 13.6 Å². The number of rotatable bonds is 8. The molecule has 6 heteroatoms. The predicted octanol–water partition coefficient (Wildman–Crippen LogP) is 4.19. The van der Waals surface area contributed by atoms with Gasteiger partial charge in [0.15, 0.2) is 0 Å². The molecule has 1 aliphatic rings. The van der Waals surface area contributed by atoms with E-state index in [1.165, 1.54) is 12.1 Å². The van der Waals surface area contributed by atoms with Crippen LogP contribution >= 0.6 is 0 Å². The highest BCUT2D eigenvalue weighted by Gasteiger charge is 2.18. The van der Waals surface area contributed by atoms with Gasteiger partial charge >= 0.3 is 5.97 Å². The van der Waals surface area contributed by atoms with Gasteiger partial charge in [0.2, 0.25) is 0 Å². The average molecular weight is 374 g/mol. The summed E-state index contributed by atoms with van der Waals surface area (Å²) in [7, 11) is 0. The van der Waals surface area contributed by atoms with E-state index < -0.39 is 17.6 Å². The predicted molar refractivity (Wildman–Crippen MR) is 102 cm³/mol. The zero-order chi connectivity index (χ0) is 19.2. The maximum atomic E-state index is 14.6. The normalized spacial score (nSPS) is 13.9. The molecule has 0 unspecified atom stereocenters. The van der Waals surface area contributed by atoms with Crippen LogP contribution in [0.5, 0.6) is 0 Å². The number of benzene rings is 2. The number of nitrogens with one attached hydrogen (secondary N) is 1. The van der Waals surface area contributed by atoms with E-state index in [-0.39, 0.29) is 18.5 Å². The molecule has 0 aliphatic carbocycles. The average Bonchev–Trinajstić information content (AvgIpc) is 3.17. The summed E-state index contributed by atoms with van der Waals surface area (Å²) >= 11 is 0. The second-order valence-corrected chi connectivity index (χ2v) is 6.80. The molecular weight excluding hydrogens is 350 g/mol. The summed E-state index contributed by atoms with van der Waals surface area (Å²) in [6.45, 7) is 2.34. The van der Waals surface area contributed by atoms with Crippen molar-refractivity contribution in [2.45, 2.75) is 32.2 Å². The fourth-order valence-corrected chi connectivity index (χ4v) is 3.46. The lowest BCUT2D eigenvalue weighted by atomic mass is 10.0. The monoisotopic (exact) mass is 374 g/mol. The lowest BCUT2D eigenvalue weighted by molar-refractivity contribution is -0.137. The SMILES string of the molecule is O=C(O)CCCNCc1c(F)cc(-c2ccccc2N2CCCC2)cc1F. The first-order valence-corrected chi connectivity index (χ1v) is 9.31. The fraction of sp³-hybridized carbons (Fsp3) is 0.381. The van der Waals surface area contributed by atoms with Gasteiger partial charge < -0.3 is 15.3 Å². The number of hydrogen-bond acceptors (Lipinski definition) is 3. The molecule has 1 saturated heterocycles. The number of carboxylic acids is 1. The first-order chi connectivity index (χ1) is 13.1. The van der Waals surface area contributed by atoms with E-state index >= 15 is 0 Å². The standard InChI is InChI=1S/C21H24F2N2O2/c22-18-12-15(13-19(23)17(18)14-24-9-5-8-21(26)27)16-6-1-2-7-20(16)25-10-3-4-11-25/h1-2,6-7,12-13,24H,3-5,8-11,14H2,(H,26,27). The van der Waals surface area contributed by atoms with Crippen molar-refractivity contribution >= 4 is 11.7 Å². The Kier molecular flexibility index (Phi) is 6.40. The lowest BCUT2D eigenvalue weighted by Gasteiger charge is -2.22. The Morgan fingerprint density at radius 3 is 2.44 bits per heavy atom. The molecule has 2 N–H and O–H groups in total. The van der Waals surface area contributed by atoms with Crippen LogP contribution in [0.15, 0.2) is 36.4 Å². The van der Waals surface area contributed by atoms with Crippen LogP contribution in [0.1, 0.15) is 31.2 Å². The number of para-hydroxylation sites is 1. The number of aliphatic carboxylic acids is 1. The van der Waals surface area contributed by atoms with Crippen LogP contribution in [-0.2, 0) is 11.3 Å². The molecule has 1 fully saturated rings. The summed E-state index contributed by atoms with van der Waals surface area (Å²) < 4.78 is 29.1. The minimum Gasteiger partial charge on any atom is -0.481 e. The van der Waals surface area contributed by atoms with E-state index in [1.807, 2.05) is 24.3 Å². The van der Waals surface area contributed by atoms with Crippen LogP contribution in [0.4, 0.5) is 14.5 Å². The van der Waals surface area contributed by atoms with Crippen molar-refractivity contribution in [3.63, 3.8) is 0 Å². The van der Waals surface area contributed by atoms with Gasteiger partial charge in [-0.1, -0.05) is 18.2 Å². The van der Waals surface area contributed by atoms with Gasteiger partial charge in [-0.2, -0.15) is 0 Å². The summed E-state index contributed by atoms with van der Waals surface area (Å²) in [6, 6.07) is 10.5. The van der Waals surface area contributed by atoms with Gasteiger partial charge in [0.1, 0.15) is 11.6 Å². The summed E-state index contributed by atoms with van der Waals surface area (Å²) in [5.41, 5.74) is 2.35. The van der Waals surface area contributed by atoms with Gasteiger partial charge in [-0.25, -0.2) is 8.78 Å². The maximum Gasteiger partial charge on any atom is 0.303 e. The van der Waals surface area contributed by atoms with Crippen molar-refractivity contribution < 1.29 is 18.7 Å². The highest BCUT2D eigenvalue weighted by molar-refractivity contribution is 5.79. The van der Waals surface area contributed by atoms with Crippen molar-refractivity contribution in [2.24, 2.45) is 0 Å². The Balaban J connectivity index is 1.76. The van der Waals surface area contributed by atoms with E-state index in [2.05, 4.69) is 10.2 Å². The number of carboxylic acid groups (broad SMARTS) is 1. The number of anilines is 1. The third-order valence-electron chi connectivity index (χ3n) is 4.85. The molecule has 0 saturated carbocycles. The molecule has 2 aromatic rings. The fourth-order valence-electron chi connectivity index (χ4n) is 3.46. The molecule has 0 bridgehead atoms. The first-order valence-electron chi connectivity index (χ1n) is 9.31. The summed E-state index contributed by atoms with van der Waals surface area (Å²) in [4.78, 5) is 12.7. The van der Waals surface area contributed by atoms with Gasteiger partial charge in [-0.15, -0.1) is 0 Å². The lowest BCUT2D eigenvalue weighted by Crippen LogP contribution is -2.19. The molecule has 27 heavy (non-hydrogen) atoms. The van der Waals surface area contributed by atoms with Gasteiger partial charge in [-0.3, -0.25) is 4.79 Å². The van der Waals surface area contributed by atoms with Crippen molar-refractivity contribution in [3.05, 3.63) is 53.6 Å². The molecule has 0 atom stereocenters. The van der Waals surface area contributed by atoms with E-state index in [1.54, 1.807) is 0 Å². The van der Waals surface area contributed by atoms with E-state index in [0.717, 1.165) is 37.2 Å².